The first-order valence-corrected chi connectivity index (χ1v) is 10.0. The fraction of sp³-hybridized carbons (Fsp3) is 0.400. The highest BCUT2D eigenvalue weighted by Crippen LogP contribution is 2.22. The molecule has 0 aliphatic carbocycles. The Bertz CT molecular complexity index is 884. The first kappa shape index (κ1) is 21.7. The smallest absolute Gasteiger partial charge is 0.191 e. The lowest BCUT2D eigenvalue weighted by Crippen LogP contribution is -2.38. The second-order valence-corrected chi connectivity index (χ2v) is 7.46. The van der Waals surface area contributed by atoms with E-state index in [1.807, 2.05) is 6.20 Å². The molecule has 1 aromatic carbocycles. The number of aliphatic imine (C=N–C) groups is 1. The summed E-state index contributed by atoms with van der Waals surface area (Å²) in [4.78, 5) is 13.8. The van der Waals surface area contributed by atoms with Crippen LogP contribution < -0.4 is 10.6 Å². The normalized spacial score (nSPS) is 11.4. The molecule has 0 radical (unpaired) electrons. The van der Waals surface area contributed by atoms with E-state index in [2.05, 4.69) is 70.8 Å². The number of nitrogens with one attached hydrogen (secondary N) is 3. The Balaban J connectivity index is 0.00000261. The highest BCUT2D eigenvalue weighted by Gasteiger charge is 2.06. The molecule has 3 rings (SSSR count). The lowest BCUT2D eigenvalue weighted by atomic mass is 10.1. The van der Waals surface area contributed by atoms with Gasteiger partial charge in [-0.05, 0) is 43.9 Å². The third-order valence-corrected chi connectivity index (χ3v) is 5.48. The zero-order valence-corrected chi connectivity index (χ0v) is 19.3. The predicted octanol–water partition coefficient (Wildman–Crippen LogP) is 4.41. The molecule has 3 aromatic rings. The number of guanidine groups is 1. The van der Waals surface area contributed by atoms with Crippen LogP contribution in [-0.4, -0.2) is 29.0 Å². The van der Waals surface area contributed by atoms with Gasteiger partial charge in [0, 0.05) is 41.3 Å². The third kappa shape index (κ3) is 5.68. The lowest BCUT2D eigenvalue weighted by molar-refractivity contribution is 0.801. The van der Waals surface area contributed by atoms with Gasteiger partial charge in [0.15, 0.2) is 5.96 Å². The average molecular weight is 497 g/mol. The fourth-order valence-electron chi connectivity index (χ4n) is 3.04. The maximum absolute atomic E-state index is 4.66. The molecule has 0 fully saturated rings. The maximum Gasteiger partial charge on any atom is 0.191 e. The highest BCUT2D eigenvalue weighted by atomic mass is 127. The van der Waals surface area contributed by atoms with Crippen LogP contribution in [0.25, 0.3) is 10.9 Å². The van der Waals surface area contributed by atoms with Crippen LogP contribution in [0.2, 0.25) is 0 Å². The van der Waals surface area contributed by atoms with Gasteiger partial charge < -0.3 is 15.6 Å². The molecule has 2 aromatic heterocycles. The second-order valence-electron chi connectivity index (χ2n) is 6.26. The number of hydrogen-bond donors (Lipinski definition) is 3. The van der Waals surface area contributed by atoms with Crippen LogP contribution in [0.4, 0.5) is 0 Å². The minimum Gasteiger partial charge on any atom is -0.361 e. The summed E-state index contributed by atoms with van der Waals surface area (Å²) < 4.78 is 0. The molecule has 0 aliphatic rings. The van der Waals surface area contributed by atoms with Crippen molar-refractivity contribution >= 4 is 52.2 Å². The lowest BCUT2D eigenvalue weighted by Gasteiger charge is -2.11. The summed E-state index contributed by atoms with van der Waals surface area (Å²) >= 11 is 1.74. The summed E-state index contributed by atoms with van der Waals surface area (Å²) in [6.07, 6.45) is 6.05. The van der Waals surface area contributed by atoms with Gasteiger partial charge in [-0.15, -0.1) is 35.3 Å². The summed E-state index contributed by atoms with van der Waals surface area (Å²) in [7, 11) is 0. The molecule has 3 N–H and O–H groups in total. The predicted molar refractivity (Wildman–Crippen MR) is 126 cm³/mol. The van der Waals surface area contributed by atoms with Crippen LogP contribution in [0.15, 0.2) is 35.6 Å². The number of aromatic amines is 1. The van der Waals surface area contributed by atoms with Crippen LogP contribution in [-0.2, 0) is 19.4 Å². The van der Waals surface area contributed by atoms with Crippen LogP contribution >= 0.6 is 35.3 Å². The van der Waals surface area contributed by atoms with Crippen molar-refractivity contribution in [3.8, 4) is 0 Å². The van der Waals surface area contributed by atoms with Gasteiger partial charge >= 0.3 is 0 Å². The van der Waals surface area contributed by atoms with Gasteiger partial charge in [-0.25, -0.2) is 9.98 Å². The van der Waals surface area contributed by atoms with Crippen molar-refractivity contribution < 1.29 is 0 Å². The Morgan fingerprint density at radius 2 is 2.11 bits per heavy atom. The molecule has 0 bridgehead atoms. The topological polar surface area (TPSA) is 65.1 Å². The zero-order valence-electron chi connectivity index (χ0n) is 16.1. The summed E-state index contributed by atoms with van der Waals surface area (Å²) in [6, 6.07) is 6.38. The summed E-state index contributed by atoms with van der Waals surface area (Å²) in [5.74, 6) is 0.845. The van der Waals surface area contributed by atoms with E-state index < -0.39 is 0 Å². The highest BCUT2D eigenvalue weighted by molar-refractivity contribution is 14.0. The molecular formula is C20H28IN5S. The SMILES string of the molecule is CCNC(=NCc1ncc(CC)s1)NCCc1c[nH]c2cccc(C)c12.I. The number of thiazole rings is 1. The number of fused-ring (bicyclic) bond motifs is 1. The van der Waals surface area contributed by atoms with Crippen LogP contribution in [0.1, 0.15) is 34.9 Å². The first-order chi connectivity index (χ1) is 12.7. The maximum atomic E-state index is 4.66. The van der Waals surface area contributed by atoms with Gasteiger partial charge in [-0.3, -0.25) is 0 Å². The zero-order chi connectivity index (χ0) is 18.4. The molecule has 0 spiro atoms. The van der Waals surface area contributed by atoms with Crippen LogP contribution in [0.5, 0.6) is 0 Å². The summed E-state index contributed by atoms with van der Waals surface area (Å²) in [5.41, 5.74) is 3.86. The van der Waals surface area contributed by atoms with Gasteiger partial charge in [-0.1, -0.05) is 19.1 Å². The van der Waals surface area contributed by atoms with Crippen molar-refractivity contribution in [1.29, 1.82) is 0 Å². The Morgan fingerprint density at radius 3 is 2.85 bits per heavy atom. The minimum atomic E-state index is 0. The van der Waals surface area contributed by atoms with E-state index in [-0.39, 0.29) is 24.0 Å². The largest absolute Gasteiger partial charge is 0.361 e. The molecule has 0 unspecified atom stereocenters. The Kier molecular flexibility index (Phi) is 8.56. The summed E-state index contributed by atoms with van der Waals surface area (Å²) in [5, 5.41) is 9.15. The number of nitrogens with zero attached hydrogens (tertiary/aromatic N) is 2. The number of H-pyrrole nitrogens is 1. The van der Waals surface area contributed by atoms with Crippen molar-refractivity contribution in [2.75, 3.05) is 13.1 Å². The van der Waals surface area contributed by atoms with Gasteiger partial charge in [-0.2, -0.15) is 0 Å². The fourth-order valence-corrected chi connectivity index (χ4v) is 3.82. The van der Waals surface area contributed by atoms with Crippen LogP contribution in [0.3, 0.4) is 0 Å². The van der Waals surface area contributed by atoms with Crippen molar-refractivity contribution in [1.82, 2.24) is 20.6 Å². The molecule has 0 aliphatic heterocycles. The Hall–Kier alpha value is -1.61. The van der Waals surface area contributed by atoms with Gasteiger partial charge in [0.2, 0.25) is 0 Å². The minimum absolute atomic E-state index is 0. The molecule has 27 heavy (non-hydrogen) atoms. The molecule has 0 saturated carbocycles. The molecular weight excluding hydrogens is 469 g/mol. The molecule has 2 heterocycles. The van der Waals surface area contributed by atoms with E-state index in [0.29, 0.717) is 6.54 Å². The number of rotatable bonds is 7. The van der Waals surface area contributed by atoms with E-state index in [9.17, 15) is 0 Å². The number of aryl methyl sites for hydroxylation is 2. The second kappa shape index (κ2) is 10.7. The number of benzene rings is 1. The van der Waals surface area contributed by atoms with Crippen molar-refractivity contribution in [3.05, 3.63) is 51.6 Å². The quantitative estimate of drug-likeness (QED) is 0.258. The molecule has 5 nitrogen and oxygen atoms in total. The third-order valence-electron chi connectivity index (χ3n) is 4.35. The van der Waals surface area contributed by atoms with Crippen molar-refractivity contribution in [3.63, 3.8) is 0 Å². The van der Waals surface area contributed by atoms with Gasteiger partial charge in [0.05, 0.1) is 6.54 Å². The number of hydrogen-bond acceptors (Lipinski definition) is 3. The van der Waals surface area contributed by atoms with E-state index in [1.165, 1.54) is 26.9 Å². The first-order valence-electron chi connectivity index (χ1n) is 9.22. The van der Waals surface area contributed by atoms with Crippen molar-refractivity contribution in [2.24, 2.45) is 4.99 Å². The molecule has 0 saturated heterocycles. The summed E-state index contributed by atoms with van der Waals surface area (Å²) in [6.45, 7) is 8.70. The number of aromatic nitrogens is 2. The van der Waals surface area contributed by atoms with E-state index in [0.717, 1.165) is 36.9 Å². The molecule has 146 valence electrons. The molecule has 0 atom stereocenters. The van der Waals surface area contributed by atoms with Gasteiger partial charge in [0.1, 0.15) is 5.01 Å². The molecule has 7 heteroatoms. The van der Waals surface area contributed by atoms with Gasteiger partial charge in [0.25, 0.3) is 0 Å². The standard InChI is InChI=1S/C20H27N5S.HI/c1-4-16-12-24-18(26-16)13-25-20(21-5-2)22-10-9-15-11-23-17-8-6-7-14(3)19(15)17;/h6-8,11-12,23H,4-5,9-10,13H2,1-3H3,(H2,21,22,25);1H. The average Bonchev–Trinajstić information content (AvgIpc) is 3.27. The Labute approximate surface area is 182 Å². The monoisotopic (exact) mass is 497 g/mol. The number of halogens is 1. The van der Waals surface area contributed by atoms with E-state index >= 15 is 0 Å². The van der Waals surface area contributed by atoms with E-state index in [1.54, 1.807) is 11.3 Å². The van der Waals surface area contributed by atoms with Crippen molar-refractivity contribution in [2.45, 2.75) is 40.2 Å². The molecule has 0 amide bonds. The van der Waals surface area contributed by atoms with E-state index in [4.69, 9.17) is 0 Å². The van der Waals surface area contributed by atoms with Crippen LogP contribution in [0, 0.1) is 6.92 Å². The Morgan fingerprint density at radius 1 is 1.26 bits per heavy atom.